The Morgan fingerprint density at radius 2 is 1.45 bits per heavy atom. The molecule has 2 aromatic rings. The third-order valence-corrected chi connectivity index (χ3v) is 6.65. The van der Waals surface area contributed by atoms with Crippen LogP contribution >= 0.6 is 0 Å². The molecule has 0 saturated heterocycles. The number of nitrogens with zero attached hydrogens (tertiary/aromatic N) is 1. The highest BCUT2D eigenvalue weighted by Crippen LogP contribution is 2.12. The van der Waals surface area contributed by atoms with Crippen LogP contribution in [0, 0.1) is 0 Å². The zero-order chi connectivity index (χ0) is 24.9. The summed E-state index contributed by atoms with van der Waals surface area (Å²) >= 11 is 0. The van der Waals surface area contributed by atoms with Gasteiger partial charge in [-0.3, -0.25) is 15.4 Å². The highest BCUT2D eigenvalue weighted by atomic mass is 32.2. The number of rotatable bonds is 12. The Kier molecular flexibility index (Phi) is 12.5. The quantitative estimate of drug-likeness (QED) is 0.239. The van der Waals surface area contributed by atoms with Crippen LogP contribution in [-0.2, 0) is 32.5 Å². The molecule has 8 nitrogen and oxygen atoms in total. The van der Waals surface area contributed by atoms with E-state index >= 15 is 0 Å². The van der Waals surface area contributed by atoms with E-state index in [1.165, 1.54) is 6.92 Å². The van der Waals surface area contributed by atoms with E-state index in [1.807, 2.05) is 74.5 Å². The Bertz CT molecular complexity index is 953. The van der Waals surface area contributed by atoms with Gasteiger partial charge in [-0.05, 0) is 30.9 Å². The molecule has 0 aromatic heterocycles. The van der Waals surface area contributed by atoms with Crippen LogP contribution in [0.15, 0.2) is 60.7 Å². The number of carbonyl (C=O) groups is 2. The van der Waals surface area contributed by atoms with Gasteiger partial charge in [-0.15, -0.1) is 4.41 Å². The zero-order valence-electron chi connectivity index (χ0n) is 19.7. The van der Waals surface area contributed by atoms with Crippen molar-refractivity contribution in [3.05, 3.63) is 71.8 Å². The van der Waals surface area contributed by atoms with Crippen molar-refractivity contribution >= 4 is 21.7 Å². The van der Waals surface area contributed by atoms with E-state index in [-0.39, 0.29) is 36.8 Å². The average Bonchev–Trinajstić information content (AvgIpc) is 2.82. The smallest absolute Gasteiger partial charge is 0.278 e. The Labute approximate surface area is 197 Å². The Morgan fingerprint density at radius 3 is 1.94 bits per heavy atom. The summed E-state index contributed by atoms with van der Waals surface area (Å²) in [6, 6.07) is 17.2. The predicted octanol–water partition coefficient (Wildman–Crippen LogP) is 1.08. The summed E-state index contributed by atoms with van der Waals surface area (Å²) < 4.78 is 25.9. The van der Waals surface area contributed by atoms with E-state index in [0.29, 0.717) is 10.8 Å². The van der Waals surface area contributed by atoms with Crippen molar-refractivity contribution in [1.29, 1.82) is 0 Å². The van der Waals surface area contributed by atoms with Crippen molar-refractivity contribution in [2.45, 2.75) is 52.1 Å². The number of hydrogen-bond acceptors (Lipinski definition) is 5. The largest absolute Gasteiger partial charge is 0.351 e. The molecule has 0 saturated carbocycles. The van der Waals surface area contributed by atoms with Crippen molar-refractivity contribution in [3.8, 4) is 0 Å². The minimum absolute atomic E-state index is 0.176. The molecule has 182 valence electrons. The lowest BCUT2D eigenvalue weighted by atomic mass is 10.0. The van der Waals surface area contributed by atoms with Gasteiger partial charge >= 0.3 is 0 Å². The van der Waals surface area contributed by atoms with E-state index in [4.69, 9.17) is 5.84 Å². The number of hydrazine groups is 1. The molecule has 2 rings (SSSR count). The molecule has 0 radical (unpaired) electrons. The summed E-state index contributed by atoms with van der Waals surface area (Å²) in [6.07, 6.45) is 0.877. The number of benzene rings is 2. The van der Waals surface area contributed by atoms with Crippen molar-refractivity contribution in [1.82, 2.24) is 9.73 Å². The fourth-order valence-electron chi connectivity index (χ4n) is 3.15. The molecule has 0 aliphatic rings. The van der Waals surface area contributed by atoms with Crippen LogP contribution in [0.1, 0.15) is 38.3 Å². The molecule has 9 heteroatoms. The molecule has 0 bridgehead atoms. The van der Waals surface area contributed by atoms with Gasteiger partial charge in [0.2, 0.25) is 10.0 Å². The van der Waals surface area contributed by atoms with Gasteiger partial charge in [-0.1, -0.05) is 74.5 Å². The standard InChI is InChI=1S/C22H30N4O4S.C2H6/c1-17(27)21(16-19-11-6-3-7-12-19)26(24)31(29,30)14-8-13-25-22(28)20(23)15-18-9-4-2-5-10-18;1-2/h2-7,9-12,20-21H,8,13-16,23-24H2,1H3,(H,25,28);1-2H3/p+1. The van der Waals surface area contributed by atoms with Crippen molar-refractivity contribution < 1.29 is 23.7 Å². The number of Topliss-reactive ketones (excluding diaryl/α,β-unsaturated/α-hetero) is 1. The third kappa shape index (κ3) is 9.83. The van der Waals surface area contributed by atoms with Crippen molar-refractivity contribution in [2.75, 3.05) is 12.3 Å². The number of ketones is 1. The molecule has 0 aliphatic carbocycles. The highest BCUT2D eigenvalue weighted by molar-refractivity contribution is 7.89. The molecular weight excluding hydrogens is 440 g/mol. The number of carbonyl (C=O) groups excluding carboxylic acids is 2. The molecule has 2 unspecified atom stereocenters. The van der Waals surface area contributed by atoms with Gasteiger partial charge in [0.25, 0.3) is 5.91 Å². The Hall–Kier alpha value is -2.59. The monoisotopic (exact) mass is 477 g/mol. The lowest BCUT2D eigenvalue weighted by molar-refractivity contribution is -0.403. The highest BCUT2D eigenvalue weighted by Gasteiger charge is 2.30. The van der Waals surface area contributed by atoms with Gasteiger partial charge in [-0.2, -0.15) is 0 Å². The van der Waals surface area contributed by atoms with E-state index in [9.17, 15) is 18.0 Å². The van der Waals surface area contributed by atoms with Gasteiger partial charge in [0.15, 0.2) is 6.04 Å². The molecule has 0 aliphatic heterocycles. The van der Waals surface area contributed by atoms with E-state index < -0.39 is 22.1 Å². The van der Waals surface area contributed by atoms with Crippen LogP contribution in [-0.4, -0.2) is 48.9 Å². The first-order chi connectivity index (χ1) is 15.7. The molecule has 0 spiro atoms. The molecule has 0 heterocycles. The number of nitrogens with one attached hydrogen (secondary N) is 1. The number of nitrogens with two attached hydrogens (primary N) is 1. The first-order valence-corrected chi connectivity index (χ1v) is 12.8. The summed E-state index contributed by atoms with van der Waals surface area (Å²) in [5, 5.41) is 2.71. The zero-order valence-corrected chi connectivity index (χ0v) is 20.6. The van der Waals surface area contributed by atoms with Crippen LogP contribution in [0.25, 0.3) is 0 Å². The molecule has 2 atom stereocenters. The third-order valence-electron chi connectivity index (χ3n) is 4.94. The lowest BCUT2D eigenvalue weighted by Crippen LogP contribution is -2.68. The minimum Gasteiger partial charge on any atom is -0.351 e. The normalized spacial score (nSPS) is 12.9. The Morgan fingerprint density at radius 1 is 0.970 bits per heavy atom. The van der Waals surface area contributed by atoms with Gasteiger partial charge in [0.05, 0.1) is 5.75 Å². The second-order valence-corrected chi connectivity index (χ2v) is 9.49. The van der Waals surface area contributed by atoms with Gasteiger partial charge < -0.3 is 11.1 Å². The Balaban J connectivity index is 0.00000265. The molecule has 2 aromatic carbocycles. The van der Waals surface area contributed by atoms with E-state index in [0.717, 1.165) is 11.1 Å². The summed E-state index contributed by atoms with van der Waals surface area (Å²) in [5.74, 6) is 5.00. The summed E-state index contributed by atoms with van der Waals surface area (Å²) in [5.41, 5.74) is 5.70. The van der Waals surface area contributed by atoms with Crippen LogP contribution < -0.4 is 16.9 Å². The first kappa shape index (κ1) is 28.4. The maximum atomic E-state index is 12.6. The van der Waals surface area contributed by atoms with E-state index in [1.54, 1.807) is 0 Å². The molecular formula is C24H37N4O4S+. The van der Waals surface area contributed by atoms with Crippen LogP contribution in [0.3, 0.4) is 0 Å². The van der Waals surface area contributed by atoms with Crippen molar-refractivity contribution in [3.63, 3.8) is 0 Å². The van der Waals surface area contributed by atoms with Crippen LogP contribution in [0.2, 0.25) is 0 Å². The SMILES string of the molecule is CC.CC(=O)C(Cc1ccccc1)N(N)S(=O)(=O)CCCNC(=O)C([NH3+])Cc1ccccc1. The molecule has 33 heavy (non-hydrogen) atoms. The summed E-state index contributed by atoms with van der Waals surface area (Å²) in [6.45, 7) is 5.50. The van der Waals surface area contributed by atoms with Gasteiger partial charge in [0.1, 0.15) is 11.8 Å². The first-order valence-electron chi connectivity index (χ1n) is 11.2. The fourth-order valence-corrected chi connectivity index (χ4v) is 4.48. The summed E-state index contributed by atoms with van der Waals surface area (Å²) in [4.78, 5) is 24.2. The van der Waals surface area contributed by atoms with E-state index in [2.05, 4.69) is 11.1 Å². The molecule has 1 amide bonds. The lowest BCUT2D eigenvalue weighted by Gasteiger charge is -2.25. The maximum Gasteiger partial charge on any atom is 0.278 e. The second-order valence-electron chi connectivity index (χ2n) is 7.49. The number of amides is 1. The van der Waals surface area contributed by atoms with Gasteiger partial charge in [0, 0.05) is 13.0 Å². The summed E-state index contributed by atoms with van der Waals surface area (Å²) in [7, 11) is -3.87. The van der Waals surface area contributed by atoms with Crippen LogP contribution in [0.5, 0.6) is 0 Å². The van der Waals surface area contributed by atoms with Crippen molar-refractivity contribution in [2.24, 2.45) is 5.84 Å². The average molecular weight is 478 g/mol. The topological polar surface area (TPSA) is 137 Å². The molecule has 0 fully saturated rings. The predicted molar refractivity (Wildman–Crippen MR) is 130 cm³/mol. The van der Waals surface area contributed by atoms with Gasteiger partial charge in [-0.25, -0.2) is 8.42 Å². The molecule has 6 N–H and O–H groups in total. The fraction of sp³-hybridized carbons (Fsp3) is 0.417. The number of hydrogen-bond donors (Lipinski definition) is 3. The van der Waals surface area contributed by atoms with Crippen LogP contribution in [0.4, 0.5) is 0 Å². The number of sulfonamides is 1. The maximum absolute atomic E-state index is 12.6. The number of quaternary nitrogens is 1. The second kappa shape index (κ2) is 14.5. The minimum atomic E-state index is -3.87.